The molecule has 0 aliphatic heterocycles. The average Bonchev–Trinajstić information content (AvgIpc) is 3.06. The molecular weight excluding hydrogens is 242 g/mol. The van der Waals surface area contributed by atoms with E-state index in [1.54, 1.807) is 7.11 Å². The summed E-state index contributed by atoms with van der Waals surface area (Å²) in [5.74, 6) is 1.82. The number of hydrogen-bond donors (Lipinski definition) is 1. The van der Waals surface area contributed by atoms with Crippen molar-refractivity contribution in [3.05, 3.63) is 11.7 Å². The van der Waals surface area contributed by atoms with Gasteiger partial charge < -0.3 is 14.6 Å². The lowest BCUT2D eigenvalue weighted by Gasteiger charge is -2.17. The number of hydrogen-bond acceptors (Lipinski definition) is 5. The lowest BCUT2D eigenvalue weighted by molar-refractivity contribution is 0.0903. The number of nitrogens with zero attached hydrogens (tertiary/aromatic N) is 2. The van der Waals surface area contributed by atoms with Crippen LogP contribution in [0.25, 0.3) is 0 Å². The van der Waals surface area contributed by atoms with Crippen LogP contribution in [0.1, 0.15) is 69.7 Å². The van der Waals surface area contributed by atoms with Crippen LogP contribution in [0, 0.1) is 0 Å². The van der Waals surface area contributed by atoms with Gasteiger partial charge in [0.25, 0.3) is 0 Å². The monoisotopic (exact) mass is 267 g/mol. The Morgan fingerprint density at radius 1 is 1.42 bits per heavy atom. The first-order valence-corrected chi connectivity index (χ1v) is 7.39. The molecule has 0 bridgehead atoms. The van der Waals surface area contributed by atoms with Crippen LogP contribution >= 0.6 is 0 Å². The summed E-state index contributed by atoms with van der Waals surface area (Å²) >= 11 is 0. The molecule has 1 aliphatic rings. The van der Waals surface area contributed by atoms with Crippen molar-refractivity contribution in [2.75, 3.05) is 13.7 Å². The van der Waals surface area contributed by atoms with E-state index in [9.17, 15) is 0 Å². The van der Waals surface area contributed by atoms with Crippen LogP contribution in [0.2, 0.25) is 0 Å². The van der Waals surface area contributed by atoms with Crippen LogP contribution in [-0.2, 0) is 4.74 Å². The molecule has 5 heteroatoms. The van der Waals surface area contributed by atoms with Crippen molar-refractivity contribution in [2.24, 2.45) is 0 Å². The molecule has 108 valence electrons. The first kappa shape index (κ1) is 14.5. The van der Waals surface area contributed by atoms with Crippen LogP contribution in [0.4, 0.5) is 0 Å². The molecule has 1 heterocycles. The Bertz CT molecular complexity index is 377. The number of aromatic nitrogens is 2. The van der Waals surface area contributed by atoms with E-state index in [0.717, 1.165) is 31.7 Å². The molecule has 2 rings (SSSR count). The van der Waals surface area contributed by atoms with Crippen LogP contribution in [0.3, 0.4) is 0 Å². The molecule has 1 aliphatic carbocycles. The Morgan fingerprint density at radius 2 is 2.26 bits per heavy atom. The molecular formula is C14H25N3O2. The first-order valence-electron chi connectivity index (χ1n) is 7.39. The van der Waals surface area contributed by atoms with Gasteiger partial charge in [0.15, 0.2) is 0 Å². The predicted octanol–water partition coefficient (Wildman–Crippen LogP) is 2.80. The third-order valence-electron chi connectivity index (χ3n) is 3.89. The second-order valence-electron chi connectivity index (χ2n) is 5.22. The fraction of sp³-hybridized carbons (Fsp3) is 0.857. The molecule has 0 radical (unpaired) electrons. The Labute approximate surface area is 115 Å². The fourth-order valence-electron chi connectivity index (χ4n) is 2.81. The summed E-state index contributed by atoms with van der Waals surface area (Å²) < 4.78 is 10.8. The van der Waals surface area contributed by atoms with E-state index in [4.69, 9.17) is 9.26 Å². The molecule has 1 aromatic rings. The fourth-order valence-corrected chi connectivity index (χ4v) is 2.81. The second kappa shape index (κ2) is 7.01. The van der Waals surface area contributed by atoms with Gasteiger partial charge >= 0.3 is 0 Å². The SMILES string of the molecule is CCCNC1CCCC1c1nc(C(CC)OC)no1. The van der Waals surface area contributed by atoms with Gasteiger partial charge in [0, 0.05) is 13.2 Å². The van der Waals surface area contributed by atoms with E-state index in [0.29, 0.717) is 17.8 Å². The highest BCUT2D eigenvalue weighted by Gasteiger charge is 2.33. The maximum atomic E-state index is 5.46. The minimum atomic E-state index is -0.0547. The molecule has 3 atom stereocenters. The summed E-state index contributed by atoms with van der Waals surface area (Å²) in [4.78, 5) is 4.55. The first-order chi connectivity index (χ1) is 9.30. The lowest BCUT2D eigenvalue weighted by Crippen LogP contribution is -2.31. The standard InChI is InChI=1S/C14H25N3O2/c1-4-9-15-11-8-6-7-10(11)14-16-13(17-19-14)12(5-2)18-3/h10-12,15H,4-9H2,1-3H3. The number of nitrogens with one attached hydrogen (secondary N) is 1. The summed E-state index contributed by atoms with van der Waals surface area (Å²) in [6.45, 7) is 5.30. The van der Waals surface area contributed by atoms with Gasteiger partial charge in [0.05, 0.1) is 5.92 Å². The zero-order valence-corrected chi connectivity index (χ0v) is 12.2. The summed E-state index contributed by atoms with van der Waals surface area (Å²) in [7, 11) is 1.69. The van der Waals surface area contributed by atoms with Crippen molar-refractivity contribution in [1.82, 2.24) is 15.5 Å². The van der Waals surface area contributed by atoms with Gasteiger partial charge in [-0.05, 0) is 32.2 Å². The van der Waals surface area contributed by atoms with E-state index >= 15 is 0 Å². The molecule has 19 heavy (non-hydrogen) atoms. The van der Waals surface area contributed by atoms with Crippen molar-refractivity contribution < 1.29 is 9.26 Å². The minimum absolute atomic E-state index is 0.0547. The molecule has 3 unspecified atom stereocenters. The maximum Gasteiger partial charge on any atom is 0.231 e. The van der Waals surface area contributed by atoms with Crippen molar-refractivity contribution in [3.63, 3.8) is 0 Å². The van der Waals surface area contributed by atoms with Crippen molar-refractivity contribution in [2.45, 2.75) is 64.0 Å². The van der Waals surface area contributed by atoms with E-state index in [1.165, 1.54) is 12.8 Å². The normalized spacial score (nSPS) is 24.8. The minimum Gasteiger partial charge on any atom is -0.373 e. The summed E-state index contributed by atoms with van der Waals surface area (Å²) in [5, 5.41) is 7.67. The van der Waals surface area contributed by atoms with Gasteiger partial charge in [0.1, 0.15) is 6.10 Å². The summed E-state index contributed by atoms with van der Waals surface area (Å²) in [6, 6.07) is 0.482. The van der Waals surface area contributed by atoms with Crippen LogP contribution in [0.15, 0.2) is 4.52 Å². The Balaban J connectivity index is 2.04. The Hall–Kier alpha value is -0.940. The number of ether oxygens (including phenoxy) is 1. The highest BCUT2D eigenvalue weighted by Crippen LogP contribution is 2.34. The van der Waals surface area contributed by atoms with Gasteiger partial charge in [-0.15, -0.1) is 0 Å². The average molecular weight is 267 g/mol. The van der Waals surface area contributed by atoms with Gasteiger partial charge in [0.2, 0.25) is 11.7 Å². The van der Waals surface area contributed by atoms with Crippen LogP contribution in [0.5, 0.6) is 0 Å². The van der Waals surface area contributed by atoms with E-state index in [-0.39, 0.29) is 6.10 Å². The zero-order chi connectivity index (χ0) is 13.7. The quantitative estimate of drug-likeness (QED) is 0.823. The molecule has 0 aromatic carbocycles. The Kier molecular flexibility index (Phi) is 5.34. The molecule has 0 spiro atoms. The van der Waals surface area contributed by atoms with Gasteiger partial charge in [-0.25, -0.2) is 0 Å². The van der Waals surface area contributed by atoms with Gasteiger partial charge in [-0.2, -0.15) is 4.98 Å². The largest absolute Gasteiger partial charge is 0.373 e. The smallest absolute Gasteiger partial charge is 0.231 e. The van der Waals surface area contributed by atoms with Crippen LogP contribution in [-0.4, -0.2) is 29.8 Å². The number of methoxy groups -OCH3 is 1. The predicted molar refractivity (Wildman–Crippen MR) is 73.0 cm³/mol. The van der Waals surface area contributed by atoms with Gasteiger partial charge in [-0.1, -0.05) is 25.4 Å². The molecule has 0 saturated heterocycles. The Morgan fingerprint density at radius 3 is 2.95 bits per heavy atom. The topological polar surface area (TPSA) is 60.2 Å². The molecule has 1 saturated carbocycles. The highest BCUT2D eigenvalue weighted by molar-refractivity contribution is 5.04. The molecule has 1 fully saturated rings. The van der Waals surface area contributed by atoms with E-state index in [2.05, 4.69) is 29.3 Å². The summed E-state index contributed by atoms with van der Waals surface area (Å²) in [6.07, 6.45) is 5.51. The second-order valence-corrected chi connectivity index (χ2v) is 5.22. The highest BCUT2D eigenvalue weighted by atomic mass is 16.5. The zero-order valence-electron chi connectivity index (χ0n) is 12.2. The van der Waals surface area contributed by atoms with Crippen molar-refractivity contribution in [1.29, 1.82) is 0 Å². The van der Waals surface area contributed by atoms with E-state index < -0.39 is 0 Å². The maximum absolute atomic E-state index is 5.46. The van der Waals surface area contributed by atoms with Crippen molar-refractivity contribution >= 4 is 0 Å². The third kappa shape index (κ3) is 3.34. The molecule has 1 aromatic heterocycles. The molecule has 0 amide bonds. The van der Waals surface area contributed by atoms with E-state index in [1.807, 2.05) is 0 Å². The lowest BCUT2D eigenvalue weighted by atomic mass is 10.0. The van der Waals surface area contributed by atoms with Crippen molar-refractivity contribution in [3.8, 4) is 0 Å². The molecule has 5 nitrogen and oxygen atoms in total. The number of rotatable bonds is 7. The summed E-state index contributed by atoms with van der Waals surface area (Å²) in [5.41, 5.74) is 0. The third-order valence-corrected chi connectivity index (χ3v) is 3.89. The van der Waals surface area contributed by atoms with Gasteiger partial charge in [-0.3, -0.25) is 0 Å². The van der Waals surface area contributed by atoms with Crippen LogP contribution < -0.4 is 5.32 Å². The molecule has 1 N–H and O–H groups in total.